The first kappa shape index (κ1) is 15.1. The van der Waals surface area contributed by atoms with Crippen molar-refractivity contribution < 1.29 is 19.1 Å². The van der Waals surface area contributed by atoms with Crippen molar-refractivity contribution in [1.29, 1.82) is 0 Å². The quantitative estimate of drug-likeness (QED) is 0.854. The lowest BCUT2D eigenvalue weighted by molar-refractivity contribution is -0.120. The zero-order chi connectivity index (χ0) is 15.2. The minimum Gasteiger partial charge on any atom is -0.476 e. The molecule has 0 saturated carbocycles. The van der Waals surface area contributed by atoms with Gasteiger partial charge in [0.15, 0.2) is 5.69 Å². The van der Waals surface area contributed by atoms with Gasteiger partial charge in [-0.3, -0.25) is 4.79 Å². The average Bonchev–Trinajstić information content (AvgIpc) is 2.87. The Bertz CT molecular complexity index is 657. The van der Waals surface area contributed by atoms with Gasteiger partial charge in [-0.1, -0.05) is 12.1 Å². The first-order chi connectivity index (χ1) is 10.0. The standard InChI is InChI=1S/C14H13FN2O3S/c15-10-3-1-2-9(6-10)7-12(18)16-5-4-13-17-11(8-21-13)14(19)20/h1-3,6,8H,4-5,7H2,(H,16,18)(H,19,20). The van der Waals surface area contributed by atoms with Gasteiger partial charge >= 0.3 is 5.97 Å². The van der Waals surface area contributed by atoms with Crippen molar-refractivity contribution in [2.24, 2.45) is 0 Å². The summed E-state index contributed by atoms with van der Waals surface area (Å²) < 4.78 is 13.0. The minimum atomic E-state index is -1.06. The maximum absolute atomic E-state index is 13.0. The molecule has 0 aliphatic carbocycles. The molecule has 5 nitrogen and oxygen atoms in total. The van der Waals surface area contributed by atoms with E-state index in [-0.39, 0.29) is 23.8 Å². The van der Waals surface area contributed by atoms with Gasteiger partial charge in [-0.05, 0) is 17.7 Å². The van der Waals surface area contributed by atoms with Gasteiger partial charge in [0.1, 0.15) is 5.82 Å². The zero-order valence-electron chi connectivity index (χ0n) is 11.0. The van der Waals surface area contributed by atoms with Crippen molar-refractivity contribution in [3.8, 4) is 0 Å². The molecule has 110 valence electrons. The summed E-state index contributed by atoms with van der Waals surface area (Å²) in [6.07, 6.45) is 0.572. The Hall–Kier alpha value is -2.28. The summed E-state index contributed by atoms with van der Waals surface area (Å²) in [7, 11) is 0. The zero-order valence-corrected chi connectivity index (χ0v) is 11.8. The Morgan fingerprint density at radius 1 is 1.38 bits per heavy atom. The van der Waals surface area contributed by atoms with E-state index in [1.165, 1.54) is 28.8 Å². The summed E-state index contributed by atoms with van der Waals surface area (Å²) >= 11 is 1.24. The van der Waals surface area contributed by atoms with Crippen LogP contribution in [0.4, 0.5) is 4.39 Å². The van der Waals surface area contributed by atoms with Gasteiger partial charge in [0, 0.05) is 18.3 Å². The van der Waals surface area contributed by atoms with Crippen LogP contribution in [0.25, 0.3) is 0 Å². The van der Waals surface area contributed by atoms with Crippen LogP contribution in [0.1, 0.15) is 21.1 Å². The van der Waals surface area contributed by atoms with Crippen molar-refractivity contribution >= 4 is 23.2 Å². The normalized spacial score (nSPS) is 10.3. The van der Waals surface area contributed by atoms with Crippen molar-refractivity contribution in [3.05, 3.63) is 51.7 Å². The highest BCUT2D eigenvalue weighted by Crippen LogP contribution is 2.10. The fraction of sp³-hybridized carbons (Fsp3) is 0.214. The molecule has 1 aromatic heterocycles. The SMILES string of the molecule is O=C(Cc1cccc(F)c1)NCCc1nc(C(=O)O)cs1. The predicted octanol–water partition coefficient (Wildman–Crippen LogP) is 1.88. The number of carboxylic acids is 1. The van der Waals surface area contributed by atoms with Gasteiger partial charge in [-0.2, -0.15) is 0 Å². The molecule has 1 amide bonds. The monoisotopic (exact) mass is 308 g/mol. The Kier molecular flexibility index (Phi) is 4.99. The van der Waals surface area contributed by atoms with Crippen LogP contribution in [-0.4, -0.2) is 28.5 Å². The summed E-state index contributed by atoms with van der Waals surface area (Å²) in [6, 6.07) is 5.88. The molecule has 2 rings (SSSR count). The number of aromatic nitrogens is 1. The number of rotatable bonds is 6. The molecule has 0 saturated heterocycles. The third kappa shape index (κ3) is 4.64. The Balaban J connectivity index is 1.77. The summed E-state index contributed by atoms with van der Waals surface area (Å²) in [4.78, 5) is 26.3. The fourth-order valence-corrected chi connectivity index (χ4v) is 2.50. The number of thiazole rings is 1. The number of nitrogens with zero attached hydrogens (tertiary/aromatic N) is 1. The maximum atomic E-state index is 13.0. The van der Waals surface area contributed by atoms with E-state index in [0.29, 0.717) is 23.5 Å². The molecule has 0 radical (unpaired) electrons. The number of amides is 1. The number of aromatic carboxylic acids is 1. The smallest absolute Gasteiger partial charge is 0.355 e. The van der Waals surface area contributed by atoms with Crippen LogP contribution in [0.15, 0.2) is 29.6 Å². The van der Waals surface area contributed by atoms with Gasteiger partial charge in [-0.25, -0.2) is 14.2 Å². The molecule has 2 N–H and O–H groups in total. The summed E-state index contributed by atoms with van der Waals surface area (Å²) in [5.41, 5.74) is 0.621. The highest BCUT2D eigenvalue weighted by atomic mass is 32.1. The third-order valence-corrected chi connectivity index (χ3v) is 3.59. The molecule has 7 heteroatoms. The van der Waals surface area contributed by atoms with Crippen LogP contribution in [0.5, 0.6) is 0 Å². The fourth-order valence-electron chi connectivity index (χ4n) is 1.73. The lowest BCUT2D eigenvalue weighted by Gasteiger charge is -2.04. The van der Waals surface area contributed by atoms with Gasteiger partial charge in [0.05, 0.1) is 11.4 Å². The van der Waals surface area contributed by atoms with Gasteiger partial charge in [0.25, 0.3) is 0 Å². The van der Waals surface area contributed by atoms with Gasteiger partial charge < -0.3 is 10.4 Å². The highest BCUT2D eigenvalue weighted by Gasteiger charge is 2.09. The molecule has 0 spiro atoms. The average molecular weight is 308 g/mol. The predicted molar refractivity (Wildman–Crippen MR) is 75.9 cm³/mol. The second-order valence-electron chi connectivity index (χ2n) is 4.34. The first-order valence-corrected chi connectivity index (χ1v) is 7.11. The van der Waals surface area contributed by atoms with Crippen LogP contribution >= 0.6 is 11.3 Å². The number of halogens is 1. The molecular weight excluding hydrogens is 295 g/mol. The van der Waals surface area contributed by atoms with E-state index in [2.05, 4.69) is 10.3 Å². The first-order valence-electron chi connectivity index (χ1n) is 6.23. The Morgan fingerprint density at radius 3 is 2.86 bits per heavy atom. The molecule has 1 aromatic carbocycles. The molecular formula is C14H13FN2O3S. The number of carboxylic acid groups (broad SMARTS) is 1. The molecule has 0 aliphatic heterocycles. The molecule has 0 unspecified atom stereocenters. The Morgan fingerprint density at radius 2 is 2.19 bits per heavy atom. The molecule has 2 aromatic rings. The molecule has 0 aliphatic rings. The van der Waals surface area contributed by atoms with Crippen molar-refractivity contribution in [2.75, 3.05) is 6.54 Å². The lowest BCUT2D eigenvalue weighted by atomic mass is 10.1. The number of hydrogen-bond acceptors (Lipinski definition) is 4. The lowest BCUT2D eigenvalue weighted by Crippen LogP contribution is -2.27. The minimum absolute atomic E-state index is 0.0149. The number of carbonyl (C=O) groups excluding carboxylic acids is 1. The molecule has 0 bridgehead atoms. The molecule has 1 heterocycles. The summed E-state index contributed by atoms with van der Waals surface area (Å²) in [6.45, 7) is 0.362. The molecule has 21 heavy (non-hydrogen) atoms. The summed E-state index contributed by atoms with van der Waals surface area (Å²) in [5.74, 6) is -1.65. The highest BCUT2D eigenvalue weighted by molar-refractivity contribution is 7.09. The van der Waals surface area contributed by atoms with Crippen LogP contribution in [-0.2, 0) is 17.6 Å². The van der Waals surface area contributed by atoms with Crippen molar-refractivity contribution in [1.82, 2.24) is 10.3 Å². The second-order valence-corrected chi connectivity index (χ2v) is 5.28. The van der Waals surface area contributed by atoms with Crippen LogP contribution in [0.2, 0.25) is 0 Å². The summed E-state index contributed by atoms with van der Waals surface area (Å²) in [5, 5.41) is 13.6. The largest absolute Gasteiger partial charge is 0.476 e. The number of benzene rings is 1. The van der Waals surface area contributed by atoms with E-state index in [0.717, 1.165) is 0 Å². The maximum Gasteiger partial charge on any atom is 0.355 e. The van der Waals surface area contributed by atoms with E-state index in [9.17, 15) is 14.0 Å². The number of hydrogen-bond donors (Lipinski definition) is 2. The third-order valence-electron chi connectivity index (χ3n) is 2.69. The van der Waals surface area contributed by atoms with E-state index >= 15 is 0 Å². The van der Waals surface area contributed by atoms with E-state index in [1.54, 1.807) is 12.1 Å². The molecule has 0 fully saturated rings. The van der Waals surface area contributed by atoms with Gasteiger partial charge in [0.2, 0.25) is 5.91 Å². The molecule has 0 atom stereocenters. The van der Waals surface area contributed by atoms with Crippen molar-refractivity contribution in [3.63, 3.8) is 0 Å². The number of nitrogens with one attached hydrogen (secondary N) is 1. The number of carbonyl (C=O) groups is 2. The van der Waals surface area contributed by atoms with Gasteiger partial charge in [-0.15, -0.1) is 11.3 Å². The Labute approximate surface area is 124 Å². The van der Waals surface area contributed by atoms with Crippen LogP contribution in [0, 0.1) is 5.82 Å². The van der Waals surface area contributed by atoms with E-state index in [1.807, 2.05) is 0 Å². The van der Waals surface area contributed by atoms with Crippen molar-refractivity contribution in [2.45, 2.75) is 12.8 Å². The van der Waals surface area contributed by atoms with Crippen LogP contribution < -0.4 is 5.32 Å². The van der Waals surface area contributed by atoms with Crippen LogP contribution in [0.3, 0.4) is 0 Å². The van der Waals surface area contributed by atoms with E-state index < -0.39 is 5.97 Å². The second kappa shape index (κ2) is 6.94. The van der Waals surface area contributed by atoms with E-state index in [4.69, 9.17) is 5.11 Å². The topological polar surface area (TPSA) is 79.3 Å².